The van der Waals surface area contributed by atoms with Crippen molar-refractivity contribution in [3.8, 4) is 5.75 Å². The van der Waals surface area contributed by atoms with E-state index >= 15 is 0 Å². The molecule has 2 aromatic rings. The van der Waals surface area contributed by atoms with Crippen molar-refractivity contribution >= 4 is 12.1 Å². The molecule has 2 rings (SSSR count). The summed E-state index contributed by atoms with van der Waals surface area (Å²) in [6.07, 6.45) is 3.29. The Morgan fingerprint density at radius 1 is 1.16 bits per heavy atom. The fourth-order valence-corrected chi connectivity index (χ4v) is 2.22. The zero-order valence-electron chi connectivity index (χ0n) is 14.9. The predicted octanol–water partition coefficient (Wildman–Crippen LogP) is 2.98. The minimum absolute atomic E-state index is 0.0182. The lowest BCUT2D eigenvalue weighted by atomic mass is 10.2. The van der Waals surface area contributed by atoms with Crippen LogP contribution in [0.1, 0.15) is 49.7 Å². The maximum Gasteiger partial charge on any atom is 0.276 e. The van der Waals surface area contributed by atoms with Gasteiger partial charge in [0.25, 0.3) is 11.5 Å². The van der Waals surface area contributed by atoms with Gasteiger partial charge in [-0.2, -0.15) is 5.10 Å². The van der Waals surface area contributed by atoms with Crippen molar-refractivity contribution in [1.82, 2.24) is 9.99 Å². The Hall–Kier alpha value is -2.89. The van der Waals surface area contributed by atoms with E-state index in [2.05, 4.69) is 10.5 Å². The van der Waals surface area contributed by atoms with Crippen LogP contribution in [0.5, 0.6) is 5.75 Å². The highest BCUT2D eigenvalue weighted by atomic mass is 16.5. The summed E-state index contributed by atoms with van der Waals surface area (Å²) < 4.78 is 7.07. The highest BCUT2D eigenvalue weighted by Crippen LogP contribution is 2.12. The largest absolute Gasteiger partial charge is 0.491 e. The van der Waals surface area contributed by atoms with Gasteiger partial charge in [-0.1, -0.05) is 0 Å². The number of amides is 1. The third-order valence-corrected chi connectivity index (χ3v) is 3.41. The van der Waals surface area contributed by atoms with Crippen molar-refractivity contribution in [3.05, 3.63) is 64.1 Å². The van der Waals surface area contributed by atoms with Crippen LogP contribution in [0.15, 0.2) is 52.5 Å². The summed E-state index contributed by atoms with van der Waals surface area (Å²) >= 11 is 0. The van der Waals surface area contributed by atoms with Gasteiger partial charge in [-0.25, -0.2) is 5.43 Å². The van der Waals surface area contributed by atoms with Gasteiger partial charge < -0.3 is 9.30 Å². The number of nitrogens with zero attached hydrogens (tertiary/aromatic N) is 2. The van der Waals surface area contributed by atoms with Crippen LogP contribution >= 0.6 is 0 Å². The van der Waals surface area contributed by atoms with Crippen molar-refractivity contribution in [3.63, 3.8) is 0 Å². The van der Waals surface area contributed by atoms with Gasteiger partial charge in [0.05, 0.1) is 12.3 Å². The van der Waals surface area contributed by atoms with Gasteiger partial charge in [-0.05, 0) is 69.7 Å². The van der Waals surface area contributed by atoms with Gasteiger partial charge in [0.2, 0.25) is 0 Å². The van der Waals surface area contributed by atoms with Crippen LogP contribution in [0.25, 0.3) is 0 Å². The van der Waals surface area contributed by atoms with E-state index < -0.39 is 5.91 Å². The number of hydrogen-bond donors (Lipinski definition) is 1. The lowest BCUT2D eigenvalue weighted by molar-refractivity contribution is 0.0953. The number of rotatable bonds is 6. The topological polar surface area (TPSA) is 72.7 Å². The maximum absolute atomic E-state index is 12.2. The molecule has 25 heavy (non-hydrogen) atoms. The molecule has 0 radical (unpaired) electrons. The zero-order valence-corrected chi connectivity index (χ0v) is 14.9. The second kappa shape index (κ2) is 8.28. The molecule has 1 aromatic heterocycles. The molecule has 0 atom stereocenters. The molecule has 0 unspecified atom stereocenters. The standard InChI is InChI=1S/C19H23N3O3/c1-13(2)22-11-5-6-17(19(22)24)18(23)21-20-12-15-7-9-16(10-8-15)25-14(3)4/h5-14H,1-4H3,(H,21,23)/b20-12-. The second-order valence-corrected chi connectivity index (χ2v) is 6.16. The Kier molecular flexibility index (Phi) is 6.11. The first kappa shape index (κ1) is 18.4. The van der Waals surface area contributed by atoms with E-state index in [-0.39, 0.29) is 23.3 Å². The molecule has 0 bridgehead atoms. The van der Waals surface area contributed by atoms with Crippen LogP contribution in [0.4, 0.5) is 0 Å². The molecule has 1 amide bonds. The molecule has 0 spiro atoms. The molecular formula is C19H23N3O3. The summed E-state index contributed by atoms with van der Waals surface area (Å²) in [5.74, 6) is 0.241. The molecule has 1 N–H and O–H groups in total. The summed E-state index contributed by atoms with van der Waals surface area (Å²) in [5.41, 5.74) is 2.93. The number of hydrazone groups is 1. The molecule has 6 nitrogen and oxygen atoms in total. The number of hydrogen-bond acceptors (Lipinski definition) is 4. The first-order chi connectivity index (χ1) is 11.9. The number of benzene rings is 1. The van der Waals surface area contributed by atoms with Crippen molar-refractivity contribution in [2.45, 2.75) is 39.8 Å². The van der Waals surface area contributed by atoms with E-state index in [1.165, 1.54) is 16.8 Å². The van der Waals surface area contributed by atoms with Gasteiger partial charge >= 0.3 is 0 Å². The normalized spacial score (nSPS) is 11.3. The van der Waals surface area contributed by atoms with Gasteiger partial charge in [0.15, 0.2) is 0 Å². The number of carbonyl (C=O) groups excluding carboxylic acids is 1. The number of aromatic nitrogens is 1. The molecule has 0 aliphatic carbocycles. The van der Waals surface area contributed by atoms with E-state index in [0.29, 0.717) is 0 Å². The summed E-state index contributed by atoms with van der Waals surface area (Å²) in [5, 5.41) is 3.91. The lowest BCUT2D eigenvalue weighted by Crippen LogP contribution is -2.31. The van der Waals surface area contributed by atoms with Crippen LogP contribution in [0.3, 0.4) is 0 Å². The minimum Gasteiger partial charge on any atom is -0.491 e. The third kappa shape index (κ3) is 5.04. The SMILES string of the molecule is CC(C)Oc1ccc(/C=N\NC(=O)c2cccn(C(C)C)c2=O)cc1. The van der Waals surface area contributed by atoms with Crippen LogP contribution in [0.2, 0.25) is 0 Å². The number of nitrogens with one attached hydrogen (secondary N) is 1. The van der Waals surface area contributed by atoms with Crippen molar-refractivity contribution in [2.24, 2.45) is 5.10 Å². The van der Waals surface area contributed by atoms with Crippen LogP contribution < -0.4 is 15.7 Å². The van der Waals surface area contributed by atoms with E-state index in [1.807, 2.05) is 52.0 Å². The monoisotopic (exact) mass is 341 g/mol. The Balaban J connectivity index is 2.04. The first-order valence-corrected chi connectivity index (χ1v) is 8.19. The quantitative estimate of drug-likeness (QED) is 0.648. The van der Waals surface area contributed by atoms with Crippen molar-refractivity contribution in [1.29, 1.82) is 0 Å². The highest BCUT2D eigenvalue weighted by Gasteiger charge is 2.12. The van der Waals surface area contributed by atoms with E-state index in [1.54, 1.807) is 12.3 Å². The number of pyridine rings is 1. The summed E-state index contributed by atoms with van der Waals surface area (Å²) in [4.78, 5) is 24.4. The molecule has 132 valence electrons. The summed E-state index contributed by atoms with van der Waals surface area (Å²) in [6.45, 7) is 7.69. The smallest absolute Gasteiger partial charge is 0.276 e. The maximum atomic E-state index is 12.2. The molecule has 6 heteroatoms. The lowest BCUT2D eigenvalue weighted by Gasteiger charge is -2.10. The van der Waals surface area contributed by atoms with Crippen molar-refractivity contribution in [2.75, 3.05) is 0 Å². The van der Waals surface area contributed by atoms with Gasteiger partial charge in [0.1, 0.15) is 11.3 Å². The number of carbonyl (C=O) groups is 1. The molecule has 0 aliphatic rings. The Labute approximate surface area is 147 Å². The molecule has 0 saturated heterocycles. The second-order valence-electron chi connectivity index (χ2n) is 6.16. The van der Waals surface area contributed by atoms with Gasteiger partial charge in [0, 0.05) is 12.2 Å². The third-order valence-electron chi connectivity index (χ3n) is 3.41. The van der Waals surface area contributed by atoms with Crippen LogP contribution in [-0.2, 0) is 0 Å². The van der Waals surface area contributed by atoms with Crippen LogP contribution in [0, 0.1) is 0 Å². The average Bonchev–Trinajstić information content (AvgIpc) is 2.55. The fourth-order valence-electron chi connectivity index (χ4n) is 2.22. The van der Waals surface area contributed by atoms with E-state index in [9.17, 15) is 9.59 Å². The Morgan fingerprint density at radius 3 is 2.44 bits per heavy atom. The van der Waals surface area contributed by atoms with Crippen LogP contribution in [-0.4, -0.2) is 22.8 Å². The molecule has 0 fully saturated rings. The molecule has 0 saturated carbocycles. The molecule has 1 heterocycles. The predicted molar refractivity (Wildman–Crippen MR) is 98.4 cm³/mol. The zero-order chi connectivity index (χ0) is 18.4. The Bertz CT molecular complexity index is 805. The Morgan fingerprint density at radius 2 is 1.84 bits per heavy atom. The molecule has 0 aliphatic heterocycles. The number of ether oxygens (including phenoxy) is 1. The average molecular weight is 341 g/mol. The fraction of sp³-hybridized carbons (Fsp3) is 0.316. The van der Waals surface area contributed by atoms with Gasteiger partial charge in [-0.3, -0.25) is 9.59 Å². The molecule has 1 aromatic carbocycles. The van der Waals surface area contributed by atoms with Crippen molar-refractivity contribution < 1.29 is 9.53 Å². The first-order valence-electron chi connectivity index (χ1n) is 8.19. The summed E-state index contributed by atoms with van der Waals surface area (Å²) in [7, 11) is 0. The minimum atomic E-state index is -0.531. The van der Waals surface area contributed by atoms with Gasteiger partial charge in [-0.15, -0.1) is 0 Å². The summed E-state index contributed by atoms with van der Waals surface area (Å²) in [6, 6.07) is 10.5. The highest BCUT2D eigenvalue weighted by molar-refractivity contribution is 5.94. The van der Waals surface area contributed by atoms with E-state index in [4.69, 9.17) is 4.74 Å². The van der Waals surface area contributed by atoms with E-state index in [0.717, 1.165) is 11.3 Å². The molecular weight excluding hydrogens is 318 g/mol.